The van der Waals surface area contributed by atoms with Gasteiger partial charge in [-0.2, -0.15) is 0 Å². The second kappa shape index (κ2) is 7.36. The van der Waals surface area contributed by atoms with Crippen LogP contribution in [0.3, 0.4) is 0 Å². The molecule has 0 radical (unpaired) electrons. The van der Waals surface area contributed by atoms with Gasteiger partial charge in [0.15, 0.2) is 0 Å². The van der Waals surface area contributed by atoms with Crippen LogP contribution in [0.1, 0.15) is 12.5 Å². The number of carbonyl (C=O) groups excluding carboxylic acids is 1. The van der Waals surface area contributed by atoms with Crippen LogP contribution in [0.15, 0.2) is 24.3 Å². The lowest BCUT2D eigenvalue weighted by molar-refractivity contribution is -0.120. The molecule has 5 heteroatoms. The molecular formula is C14H22ClN3O. The van der Waals surface area contributed by atoms with Crippen LogP contribution in [0.5, 0.6) is 0 Å². The highest BCUT2D eigenvalue weighted by atomic mass is 35.5. The van der Waals surface area contributed by atoms with Gasteiger partial charge in [0.2, 0.25) is 5.91 Å². The van der Waals surface area contributed by atoms with Gasteiger partial charge in [-0.15, -0.1) is 12.4 Å². The van der Waals surface area contributed by atoms with Crippen molar-refractivity contribution in [2.45, 2.75) is 19.4 Å². The summed E-state index contributed by atoms with van der Waals surface area (Å²) >= 11 is 0. The maximum atomic E-state index is 11.4. The van der Waals surface area contributed by atoms with E-state index in [1.807, 2.05) is 0 Å². The molecule has 0 spiro atoms. The number of nitrogens with zero attached hydrogens (tertiary/aromatic N) is 1. The minimum absolute atomic E-state index is 0. The number of nitrogens with one attached hydrogen (secondary N) is 2. The third-order valence-corrected chi connectivity index (χ3v) is 3.39. The number of rotatable bonds is 5. The molecule has 0 aliphatic carbocycles. The van der Waals surface area contributed by atoms with Gasteiger partial charge >= 0.3 is 0 Å². The van der Waals surface area contributed by atoms with Crippen LogP contribution in [-0.4, -0.2) is 38.6 Å². The molecule has 0 bridgehead atoms. The van der Waals surface area contributed by atoms with E-state index in [-0.39, 0.29) is 18.3 Å². The summed E-state index contributed by atoms with van der Waals surface area (Å²) in [5.74, 6) is 0.0526. The summed E-state index contributed by atoms with van der Waals surface area (Å²) in [6.07, 6.45) is 1.10. The average Bonchev–Trinajstić information content (AvgIpc) is 2.80. The van der Waals surface area contributed by atoms with Crippen LogP contribution in [0.25, 0.3) is 0 Å². The smallest absolute Gasteiger partial charge is 0.234 e. The van der Waals surface area contributed by atoms with Gasteiger partial charge in [0.25, 0.3) is 0 Å². The zero-order valence-electron chi connectivity index (χ0n) is 11.5. The molecule has 1 heterocycles. The maximum absolute atomic E-state index is 11.4. The number of para-hydroxylation sites is 1. The molecule has 0 saturated heterocycles. The van der Waals surface area contributed by atoms with Crippen molar-refractivity contribution >= 4 is 24.0 Å². The van der Waals surface area contributed by atoms with Crippen LogP contribution in [0, 0.1) is 0 Å². The zero-order chi connectivity index (χ0) is 13.0. The first-order chi connectivity index (χ1) is 8.72. The molecule has 1 atom stereocenters. The topological polar surface area (TPSA) is 44.4 Å². The number of hydrogen-bond acceptors (Lipinski definition) is 3. The number of benzene rings is 1. The van der Waals surface area contributed by atoms with Crippen LogP contribution in [0.4, 0.5) is 5.69 Å². The predicted molar refractivity (Wildman–Crippen MR) is 81.1 cm³/mol. The summed E-state index contributed by atoms with van der Waals surface area (Å²) in [4.78, 5) is 13.8. The summed E-state index contributed by atoms with van der Waals surface area (Å²) in [5, 5.41) is 5.80. The molecule has 1 unspecified atom stereocenters. The van der Waals surface area contributed by atoms with Gasteiger partial charge in [0, 0.05) is 24.8 Å². The van der Waals surface area contributed by atoms with E-state index in [9.17, 15) is 4.79 Å². The molecule has 4 nitrogen and oxygen atoms in total. The van der Waals surface area contributed by atoms with Gasteiger partial charge in [-0.3, -0.25) is 4.79 Å². The van der Waals surface area contributed by atoms with Crippen molar-refractivity contribution in [3.8, 4) is 0 Å². The molecule has 1 aromatic carbocycles. The summed E-state index contributed by atoms with van der Waals surface area (Å²) in [6.45, 7) is 4.27. The molecule has 1 aliphatic rings. The first-order valence-electron chi connectivity index (χ1n) is 6.48. The van der Waals surface area contributed by atoms with E-state index in [1.165, 1.54) is 11.3 Å². The van der Waals surface area contributed by atoms with Crippen LogP contribution in [-0.2, 0) is 11.2 Å². The molecule has 0 aromatic heterocycles. The van der Waals surface area contributed by atoms with Gasteiger partial charge < -0.3 is 15.5 Å². The fourth-order valence-corrected chi connectivity index (χ4v) is 2.42. The highest BCUT2D eigenvalue weighted by Gasteiger charge is 2.22. The van der Waals surface area contributed by atoms with Crippen molar-refractivity contribution in [2.24, 2.45) is 0 Å². The van der Waals surface area contributed by atoms with Crippen molar-refractivity contribution in [1.29, 1.82) is 0 Å². The minimum Gasteiger partial charge on any atom is -0.366 e. The summed E-state index contributed by atoms with van der Waals surface area (Å²) in [6, 6.07) is 8.83. The number of halogens is 1. The first kappa shape index (κ1) is 15.8. The average molecular weight is 284 g/mol. The molecule has 106 valence electrons. The van der Waals surface area contributed by atoms with E-state index in [4.69, 9.17) is 0 Å². The SMILES string of the molecule is CNCC(=O)NCC(C)N1CCc2ccccc21.Cl. The highest BCUT2D eigenvalue weighted by Crippen LogP contribution is 2.28. The minimum atomic E-state index is 0. The summed E-state index contributed by atoms with van der Waals surface area (Å²) in [7, 11) is 1.78. The van der Waals surface area contributed by atoms with Gasteiger partial charge in [-0.1, -0.05) is 18.2 Å². The number of hydrogen-bond donors (Lipinski definition) is 2. The van der Waals surface area contributed by atoms with Crippen molar-refractivity contribution in [3.63, 3.8) is 0 Å². The molecule has 0 fully saturated rings. The molecule has 0 saturated carbocycles. The van der Waals surface area contributed by atoms with Crippen molar-refractivity contribution in [3.05, 3.63) is 29.8 Å². The second-order valence-electron chi connectivity index (χ2n) is 4.76. The van der Waals surface area contributed by atoms with E-state index in [2.05, 4.69) is 46.7 Å². The Bertz CT molecular complexity index is 425. The number of amides is 1. The van der Waals surface area contributed by atoms with Gasteiger partial charge in [-0.05, 0) is 32.0 Å². The fraction of sp³-hybridized carbons (Fsp3) is 0.500. The van der Waals surface area contributed by atoms with E-state index in [0.29, 0.717) is 19.1 Å². The first-order valence-corrected chi connectivity index (χ1v) is 6.48. The normalized spacial score (nSPS) is 14.5. The van der Waals surface area contributed by atoms with Gasteiger partial charge in [0.1, 0.15) is 0 Å². The van der Waals surface area contributed by atoms with Crippen LogP contribution < -0.4 is 15.5 Å². The quantitative estimate of drug-likeness (QED) is 0.853. The van der Waals surface area contributed by atoms with Crippen LogP contribution >= 0.6 is 12.4 Å². The van der Waals surface area contributed by atoms with Gasteiger partial charge in [0.05, 0.1) is 6.54 Å². The molecule has 1 aromatic rings. The fourth-order valence-electron chi connectivity index (χ4n) is 2.42. The molecular weight excluding hydrogens is 262 g/mol. The van der Waals surface area contributed by atoms with E-state index < -0.39 is 0 Å². The van der Waals surface area contributed by atoms with Crippen LogP contribution in [0.2, 0.25) is 0 Å². The lowest BCUT2D eigenvalue weighted by Gasteiger charge is -2.27. The van der Waals surface area contributed by atoms with Gasteiger partial charge in [-0.25, -0.2) is 0 Å². The molecule has 19 heavy (non-hydrogen) atoms. The van der Waals surface area contributed by atoms with Crippen molar-refractivity contribution in [2.75, 3.05) is 31.6 Å². The second-order valence-corrected chi connectivity index (χ2v) is 4.76. The Labute approximate surface area is 121 Å². The Hall–Kier alpha value is -1.26. The Balaban J connectivity index is 0.00000180. The molecule has 1 aliphatic heterocycles. The predicted octanol–water partition coefficient (Wildman–Crippen LogP) is 1.19. The lowest BCUT2D eigenvalue weighted by atomic mass is 10.2. The highest BCUT2D eigenvalue weighted by molar-refractivity contribution is 5.85. The summed E-state index contributed by atoms with van der Waals surface area (Å²) in [5.41, 5.74) is 2.72. The standard InChI is InChI=1S/C14H21N3O.ClH/c1-11(9-16-14(18)10-15-2)17-8-7-12-5-3-4-6-13(12)17;/h3-6,11,15H,7-10H2,1-2H3,(H,16,18);1H. The van der Waals surface area contributed by atoms with Crippen molar-refractivity contribution in [1.82, 2.24) is 10.6 Å². The third-order valence-electron chi connectivity index (χ3n) is 3.39. The van der Waals surface area contributed by atoms with Crippen molar-refractivity contribution < 1.29 is 4.79 Å². The molecule has 2 N–H and O–H groups in total. The number of fused-ring (bicyclic) bond motifs is 1. The lowest BCUT2D eigenvalue weighted by Crippen LogP contribution is -2.43. The molecule has 2 rings (SSSR count). The van der Waals surface area contributed by atoms with E-state index >= 15 is 0 Å². The van der Waals surface area contributed by atoms with E-state index in [0.717, 1.165) is 13.0 Å². The Kier molecular flexibility index (Phi) is 6.12. The Morgan fingerprint density at radius 3 is 2.89 bits per heavy atom. The third kappa shape index (κ3) is 3.85. The van der Waals surface area contributed by atoms with E-state index in [1.54, 1.807) is 7.05 Å². The Morgan fingerprint density at radius 2 is 2.16 bits per heavy atom. The maximum Gasteiger partial charge on any atom is 0.234 e. The number of carbonyl (C=O) groups is 1. The molecule has 1 amide bonds. The zero-order valence-corrected chi connectivity index (χ0v) is 12.3. The Morgan fingerprint density at radius 1 is 1.42 bits per heavy atom. The largest absolute Gasteiger partial charge is 0.366 e. The number of likely N-dealkylation sites (N-methyl/N-ethyl adjacent to an activating group) is 1. The monoisotopic (exact) mass is 283 g/mol. The summed E-state index contributed by atoms with van der Waals surface area (Å²) < 4.78 is 0. The number of anilines is 1.